The summed E-state index contributed by atoms with van der Waals surface area (Å²) < 4.78 is 37.7. The third kappa shape index (κ3) is 4.03. The highest BCUT2D eigenvalue weighted by molar-refractivity contribution is 5.24. The van der Waals surface area contributed by atoms with Crippen LogP contribution in [0.3, 0.4) is 0 Å². The number of halogens is 3. The zero-order chi connectivity index (χ0) is 13.1. The maximum atomic E-state index is 12.0. The largest absolute Gasteiger partial charge is 0.389 e. The van der Waals surface area contributed by atoms with Gasteiger partial charge in [-0.05, 0) is 38.8 Å². The number of nitrogens with two attached hydrogens (primary N) is 1. The summed E-state index contributed by atoms with van der Waals surface area (Å²) in [5.41, 5.74) is 8.32. The number of alkyl halides is 3. The van der Waals surface area contributed by atoms with Crippen molar-refractivity contribution < 1.29 is 13.2 Å². The van der Waals surface area contributed by atoms with E-state index in [4.69, 9.17) is 5.73 Å². The molecule has 0 amide bonds. The molecule has 3 nitrogen and oxygen atoms in total. The quantitative estimate of drug-likeness (QED) is 0.870. The fraction of sp³-hybridized carbons (Fsp3) is 0.727. The molecule has 0 aliphatic rings. The highest BCUT2D eigenvalue weighted by atomic mass is 19.4. The van der Waals surface area contributed by atoms with Gasteiger partial charge in [0.2, 0.25) is 0 Å². The standard InChI is InChI=1S/C11H18F3N3/c1-8-10(4-6-15)9(2)17(16-8)7-3-5-11(12,13)14/h3-7,15H2,1-2H3. The average molecular weight is 249 g/mol. The molecule has 0 aliphatic carbocycles. The van der Waals surface area contributed by atoms with Crippen molar-refractivity contribution in [3.63, 3.8) is 0 Å². The van der Waals surface area contributed by atoms with Crippen molar-refractivity contribution in [2.75, 3.05) is 6.54 Å². The molecule has 2 N–H and O–H groups in total. The normalized spacial score (nSPS) is 12.1. The van der Waals surface area contributed by atoms with Gasteiger partial charge in [-0.15, -0.1) is 0 Å². The molecule has 1 heterocycles. The summed E-state index contributed by atoms with van der Waals surface area (Å²) in [6.45, 7) is 4.56. The van der Waals surface area contributed by atoms with Crippen LogP contribution in [0.2, 0.25) is 0 Å². The van der Waals surface area contributed by atoms with Crippen molar-refractivity contribution in [2.45, 2.75) is 45.8 Å². The van der Waals surface area contributed by atoms with Crippen LogP contribution in [0.25, 0.3) is 0 Å². The van der Waals surface area contributed by atoms with Crippen LogP contribution in [0, 0.1) is 13.8 Å². The minimum absolute atomic E-state index is 0.0630. The molecule has 6 heteroatoms. The number of rotatable bonds is 5. The lowest BCUT2D eigenvalue weighted by Gasteiger charge is -2.07. The summed E-state index contributed by atoms with van der Waals surface area (Å²) in [5.74, 6) is 0. The Hall–Kier alpha value is -1.04. The SMILES string of the molecule is Cc1nn(CCCC(F)(F)F)c(C)c1CCN. The lowest BCUT2D eigenvalue weighted by molar-refractivity contribution is -0.136. The summed E-state index contributed by atoms with van der Waals surface area (Å²) >= 11 is 0. The first-order chi connectivity index (χ1) is 7.85. The second-order valence-electron chi connectivity index (χ2n) is 4.13. The Bertz CT molecular complexity index is 369. The predicted octanol–water partition coefficient (Wildman–Crippen LogP) is 2.34. The van der Waals surface area contributed by atoms with Gasteiger partial charge in [0.25, 0.3) is 0 Å². The lowest BCUT2D eigenvalue weighted by atomic mass is 10.1. The maximum Gasteiger partial charge on any atom is 0.389 e. The number of aromatic nitrogens is 2. The maximum absolute atomic E-state index is 12.0. The van der Waals surface area contributed by atoms with Gasteiger partial charge in [-0.25, -0.2) is 0 Å². The van der Waals surface area contributed by atoms with Crippen LogP contribution in [0.4, 0.5) is 13.2 Å². The van der Waals surface area contributed by atoms with Crippen LogP contribution < -0.4 is 5.73 Å². The molecule has 0 bridgehead atoms. The number of aryl methyl sites for hydroxylation is 2. The van der Waals surface area contributed by atoms with E-state index in [1.807, 2.05) is 13.8 Å². The molecule has 0 atom stereocenters. The molecule has 0 unspecified atom stereocenters. The molecule has 0 aliphatic heterocycles. The van der Waals surface area contributed by atoms with E-state index in [2.05, 4.69) is 5.10 Å². The van der Waals surface area contributed by atoms with E-state index in [0.29, 0.717) is 13.1 Å². The van der Waals surface area contributed by atoms with Gasteiger partial charge in [-0.1, -0.05) is 0 Å². The smallest absolute Gasteiger partial charge is 0.330 e. The van der Waals surface area contributed by atoms with E-state index >= 15 is 0 Å². The molecule has 0 fully saturated rings. The van der Waals surface area contributed by atoms with Gasteiger partial charge in [-0.3, -0.25) is 4.68 Å². The number of nitrogens with zero attached hydrogens (tertiary/aromatic N) is 2. The van der Waals surface area contributed by atoms with Crippen LogP contribution in [0.1, 0.15) is 29.8 Å². The molecule has 98 valence electrons. The molecule has 0 spiro atoms. The Morgan fingerprint density at radius 2 is 1.94 bits per heavy atom. The Balaban J connectivity index is 2.63. The third-order valence-electron chi connectivity index (χ3n) is 2.76. The van der Waals surface area contributed by atoms with Gasteiger partial charge >= 0.3 is 6.18 Å². The van der Waals surface area contributed by atoms with Crippen molar-refractivity contribution in [2.24, 2.45) is 5.73 Å². The summed E-state index contributed by atoms with van der Waals surface area (Å²) in [6.07, 6.45) is -4.07. The predicted molar refractivity (Wildman–Crippen MR) is 59.7 cm³/mol. The van der Waals surface area contributed by atoms with Gasteiger partial charge in [0.15, 0.2) is 0 Å². The first kappa shape index (κ1) is 14.0. The monoisotopic (exact) mass is 249 g/mol. The van der Waals surface area contributed by atoms with Crippen molar-refractivity contribution in [1.82, 2.24) is 9.78 Å². The van der Waals surface area contributed by atoms with Gasteiger partial charge in [-0.2, -0.15) is 18.3 Å². The van der Waals surface area contributed by atoms with Crippen molar-refractivity contribution in [3.05, 3.63) is 17.0 Å². The minimum atomic E-state index is -4.09. The minimum Gasteiger partial charge on any atom is -0.330 e. The summed E-state index contributed by atoms with van der Waals surface area (Å²) in [5, 5.41) is 4.24. The molecule has 1 aromatic heterocycles. The van der Waals surface area contributed by atoms with Gasteiger partial charge in [0.1, 0.15) is 0 Å². The number of hydrogen-bond donors (Lipinski definition) is 1. The Morgan fingerprint density at radius 3 is 2.47 bits per heavy atom. The molecular weight excluding hydrogens is 231 g/mol. The lowest BCUT2D eigenvalue weighted by Crippen LogP contribution is -2.11. The van der Waals surface area contributed by atoms with E-state index in [1.165, 1.54) is 0 Å². The topological polar surface area (TPSA) is 43.8 Å². The molecule has 0 saturated heterocycles. The zero-order valence-corrected chi connectivity index (χ0v) is 10.1. The fourth-order valence-corrected chi connectivity index (χ4v) is 1.89. The van der Waals surface area contributed by atoms with E-state index in [9.17, 15) is 13.2 Å². The molecule has 0 saturated carbocycles. The highest BCUT2D eigenvalue weighted by Crippen LogP contribution is 2.22. The van der Waals surface area contributed by atoms with Gasteiger partial charge in [0, 0.05) is 18.7 Å². The average Bonchev–Trinajstić information content (AvgIpc) is 2.45. The first-order valence-corrected chi connectivity index (χ1v) is 5.65. The van der Waals surface area contributed by atoms with E-state index < -0.39 is 12.6 Å². The second kappa shape index (κ2) is 5.53. The van der Waals surface area contributed by atoms with E-state index in [-0.39, 0.29) is 6.42 Å². The van der Waals surface area contributed by atoms with Crippen molar-refractivity contribution in [1.29, 1.82) is 0 Å². The zero-order valence-electron chi connectivity index (χ0n) is 10.1. The van der Waals surface area contributed by atoms with Crippen molar-refractivity contribution >= 4 is 0 Å². The van der Waals surface area contributed by atoms with Gasteiger partial charge < -0.3 is 5.73 Å². The number of hydrogen-bond acceptors (Lipinski definition) is 2. The van der Waals surface area contributed by atoms with Crippen LogP contribution in [-0.4, -0.2) is 22.5 Å². The van der Waals surface area contributed by atoms with E-state index in [0.717, 1.165) is 23.4 Å². The Labute approximate surface area is 98.8 Å². The van der Waals surface area contributed by atoms with Crippen LogP contribution in [0.5, 0.6) is 0 Å². The molecule has 1 aromatic rings. The third-order valence-corrected chi connectivity index (χ3v) is 2.76. The summed E-state index contributed by atoms with van der Waals surface area (Å²) in [4.78, 5) is 0. The fourth-order valence-electron chi connectivity index (χ4n) is 1.89. The van der Waals surface area contributed by atoms with E-state index in [1.54, 1.807) is 4.68 Å². The van der Waals surface area contributed by atoms with Crippen molar-refractivity contribution in [3.8, 4) is 0 Å². The van der Waals surface area contributed by atoms with Crippen LogP contribution >= 0.6 is 0 Å². The summed E-state index contributed by atoms with van der Waals surface area (Å²) in [7, 11) is 0. The molecule has 17 heavy (non-hydrogen) atoms. The first-order valence-electron chi connectivity index (χ1n) is 5.65. The highest BCUT2D eigenvalue weighted by Gasteiger charge is 2.26. The van der Waals surface area contributed by atoms with Crippen LogP contribution in [0.15, 0.2) is 0 Å². The molecule has 1 rings (SSSR count). The Morgan fingerprint density at radius 1 is 1.29 bits per heavy atom. The van der Waals surface area contributed by atoms with Gasteiger partial charge in [0.05, 0.1) is 5.69 Å². The molecular formula is C11H18F3N3. The molecule has 0 radical (unpaired) electrons. The van der Waals surface area contributed by atoms with Crippen LogP contribution in [-0.2, 0) is 13.0 Å². The summed E-state index contributed by atoms with van der Waals surface area (Å²) in [6, 6.07) is 0. The Kier molecular flexibility index (Phi) is 4.56. The molecule has 0 aromatic carbocycles. The second-order valence-corrected chi connectivity index (χ2v) is 4.13.